The molecule has 0 aromatic rings. The van der Waals surface area contributed by atoms with Gasteiger partial charge < -0.3 is 20.1 Å². The second kappa shape index (κ2) is 15.2. The van der Waals surface area contributed by atoms with Crippen molar-refractivity contribution in [2.24, 2.45) is 0 Å². The summed E-state index contributed by atoms with van der Waals surface area (Å²) in [5, 5.41) is 10.6. The van der Waals surface area contributed by atoms with Gasteiger partial charge in [0, 0.05) is 13.2 Å². The van der Waals surface area contributed by atoms with E-state index in [4.69, 9.17) is 9.84 Å². The van der Waals surface area contributed by atoms with E-state index < -0.39 is 0 Å². The van der Waals surface area contributed by atoms with Crippen LogP contribution in [0.25, 0.3) is 0 Å². The molecule has 0 atom stereocenters. The van der Waals surface area contributed by atoms with Crippen molar-refractivity contribution >= 4 is 6.09 Å². The van der Waals surface area contributed by atoms with Gasteiger partial charge in [0.1, 0.15) is 0 Å². The van der Waals surface area contributed by atoms with Crippen LogP contribution in [0.1, 0.15) is 33.1 Å². The van der Waals surface area contributed by atoms with Crippen LogP contribution in [0.2, 0.25) is 0 Å². The van der Waals surface area contributed by atoms with Crippen LogP contribution in [0, 0.1) is 0 Å². The third-order valence-electron chi connectivity index (χ3n) is 1.71. The molecule has 2 N–H and O–H groups in total. The molecule has 0 aliphatic rings. The summed E-state index contributed by atoms with van der Waals surface area (Å²) < 4.78 is 4.83. The molecule has 5 heteroatoms. The minimum absolute atomic E-state index is 0.305. The number of alkyl carbamates (subject to hydrolysis) is 1. The number of amides is 1. The van der Waals surface area contributed by atoms with E-state index in [0.717, 1.165) is 25.8 Å². The van der Waals surface area contributed by atoms with Crippen LogP contribution in [0.4, 0.5) is 4.79 Å². The number of nitrogens with one attached hydrogen (secondary N) is 1. The van der Waals surface area contributed by atoms with Crippen molar-refractivity contribution in [3.63, 3.8) is 0 Å². The molecule has 0 rings (SSSR count). The molecule has 0 heterocycles. The maximum atomic E-state index is 10.9. The average molecular weight is 248 g/mol. The molecule has 0 spiro atoms. The molecule has 1 amide bonds. The molecule has 0 fully saturated rings. The van der Waals surface area contributed by atoms with E-state index in [1.807, 2.05) is 27.9 Å². The predicted octanol–water partition coefficient (Wildman–Crippen LogP) is 1.46. The van der Waals surface area contributed by atoms with Crippen molar-refractivity contribution in [3.05, 3.63) is 0 Å². The first kappa shape index (κ1) is 18.6. The Hall–Kier alpha value is -0.810. The normalized spacial score (nSPS) is 9.53. The van der Waals surface area contributed by atoms with E-state index in [1.54, 1.807) is 0 Å². The zero-order valence-corrected chi connectivity index (χ0v) is 11.7. The highest BCUT2D eigenvalue weighted by molar-refractivity contribution is 5.66. The second-order valence-electron chi connectivity index (χ2n) is 3.94. The van der Waals surface area contributed by atoms with Crippen molar-refractivity contribution in [2.45, 2.75) is 33.1 Å². The second-order valence-corrected chi connectivity index (χ2v) is 3.94. The molecule has 0 bridgehead atoms. The van der Waals surface area contributed by atoms with Gasteiger partial charge in [-0.25, -0.2) is 4.79 Å². The fourth-order valence-corrected chi connectivity index (χ4v) is 0.832. The molecule has 0 aromatic heterocycles. The zero-order valence-electron chi connectivity index (χ0n) is 11.7. The number of aliphatic hydroxyl groups is 1. The smallest absolute Gasteiger partial charge is 0.407 e. The summed E-state index contributed by atoms with van der Waals surface area (Å²) in [7, 11) is 4.02. The number of nitrogens with zero attached hydrogens (tertiary/aromatic N) is 1. The first-order valence-electron chi connectivity index (χ1n) is 6.24. The fraction of sp³-hybridized carbons (Fsp3) is 0.917. The number of aliphatic hydroxyl groups excluding tert-OH is 1. The Labute approximate surface area is 105 Å². The van der Waals surface area contributed by atoms with E-state index in [-0.39, 0.29) is 6.09 Å². The van der Waals surface area contributed by atoms with Crippen LogP contribution < -0.4 is 5.32 Å². The monoisotopic (exact) mass is 248 g/mol. The highest BCUT2D eigenvalue weighted by atomic mass is 16.5. The number of carbonyl (C=O) groups excluding carboxylic acids is 1. The first-order chi connectivity index (χ1) is 8.08. The van der Waals surface area contributed by atoms with Crippen molar-refractivity contribution in [1.82, 2.24) is 10.2 Å². The van der Waals surface area contributed by atoms with Gasteiger partial charge >= 0.3 is 6.09 Å². The molecule has 0 radical (unpaired) electrons. The molecule has 0 unspecified atom stereocenters. The minimum Gasteiger partial charge on any atom is -0.450 e. The molecule has 0 saturated heterocycles. The Morgan fingerprint density at radius 1 is 1.29 bits per heavy atom. The van der Waals surface area contributed by atoms with Gasteiger partial charge in [0.2, 0.25) is 0 Å². The summed E-state index contributed by atoms with van der Waals surface area (Å²) in [5.74, 6) is 0. The molecular weight excluding hydrogens is 220 g/mol. The maximum absolute atomic E-state index is 10.9. The SMILES string of the molecule is CCCO.CCCOC(=O)NCCCN(C)C. The number of ether oxygens (including phenoxy) is 1. The molecule has 0 aromatic carbocycles. The van der Waals surface area contributed by atoms with Crippen LogP contribution in [-0.2, 0) is 4.74 Å². The van der Waals surface area contributed by atoms with Gasteiger partial charge in [-0.2, -0.15) is 0 Å². The van der Waals surface area contributed by atoms with Gasteiger partial charge in [0.05, 0.1) is 6.61 Å². The summed E-state index contributed by atoms with van der Waals surface area (Å²) >= 11 is 0. The number of hydrogen-bond donors (Lipinski definition) is 2. The molecule has 0 saturated carbocycles. The third kappa shape index (κ3) is 21.1. The predicted molar refractivity (Wildman–Crippen MR) is 70.2 cm³/mol. The Bertz CT molecular complexity index is 162. The zero-order chi connectivity index (χ0) is 13.5. The van der Waals surface area contributed by atoms with Gasteiger partial charge in [-0.15, -0.1) is 0 Å². The van der Waals surface area contributed by atoms with Gasteiger partial charge in [-0.05, 0) is 39.9 Å². The van der Waals surface area contributed by atoms with Crippen LogP contribution >= 0.6 is 0 Å². The highest BCUT2D eigenvalue weighted by Gasteiger charge is 1.98. The van der Waals surface area contributed by atoms with Crippen LogP contribution in [0.3, 0.4) is 0 Å². The fourth-order valence-electron chi connectivity index (χ4n) is 0.832. The van der Waals surface area contributed by atoms with E-state index in [1.165, 1.54) is 0 Å². The Kier molecular flexibility index (Phi) is 16.6. The van der Waals surface area contributed by atoms with Crippen molar-refractivity contribution in [3.8, 4) is 0 Å². The lowest BCUT2D eigenvalue weighted by molar-refractivity contribution is 0.146. The van der Waals surface area contributed by atoms with E-state index in [0.29, 0.717) is 19.8 Å². The molecular formula is C12H28N2O3. The lowest BCUT2D eigenvalue weighted by atomic mass is 10.4. The number of rotatable bonds is 7. The van der Waals surface area contributed by atoms with Gasteiger partial charge in [-0.3, -0.25) is 0 Å². The summed E-state index contributed by atoms with van der Waals surface area (Å²) in [4.78, 5) is 13.0. The quantitative estimate of drug-likeness (QED) is 0.670. The van der Waals surface area contributed by atoms with Gasteiger partial charge in [0.15, 0.2) is 0 Å². The molecule has 0 aliphatic carbocycles. The topological polar surface area (TPSA) is 61.8 Å². The summed E-state index contributed by atoms with van der Waals surface area (Å²) in [6, 6.07) is 0. The lowest BCUT2D eigenvalue weighted by Gasteiger charge is -2.09. The van der Waals surface area contributed by atoms with Crippen molar-refractivity contribution in [2.75, 3.05) is 40.4 Å². The molecule has 104 valence electrons. The summed E-state index contributed by atoms with van der Waals surface area (Å²) in [5.41, 5.74) is 0. The largest absolute Gasteiger partial charge is 0.450 e. The van der Waals surface area contributed by atoms with Crippen molar-refractivity contribution < 1.29 is 14.6 Å². The molecule has 0 aliphatic heterocycles. The Morgan fingerprint density at radius 2 is 1.88 bits per heavy atom. The average Bonchev–Trinajstić information content (AvgIpc) is 2.32. The first-order valence-corrected chi connectivity index (χ1v) is 6.24. The van der Waals surface area contributed by atoms with Gasteiger partial charge in [-0.1, -0.05) is 13.8 Å². The Balaban J connectivity index is 0. The lowest BCUT2D eigenvalue weighted by Crippen LogP contribution is -2.27. The summed E-state index contributed by atoms with van der Waals surface area (Å²) in [6.07, 6.45) is 2.39. The molecule has 17 heavy (non-hydrogen) atoms. The highest BCUT2D eigenvalue weighted by Crippen LogP contribution is 1.84. The van der Waals surface area contributed by atoms with Crippen molar-refractivity contribution in [1.29, 1.82) is 0 Å². The standard InChI is InChI=1S/C9H20N2O2.C3H8O/c1-4-8-13-9(12)10-6-5-7-11(2)3;1-2-3-4/h4-8H2,1-3H3,(H,10,12);4H,2-3H2,1H3. The molecule has 5 nitrogen and oxygen atoms in total. The maximum Gasteiger partial charge on any atom is 0.407 e. The number of carbonyl (C=O) groups is 1. The van der Waals surface area contributed by atoms with Gasteiger partial charge in [0.25, 0.3) is 0 Å². The van der Waals surface area contributed by atoms with E-state index >= 15 is 0 Å². The van der Waals surface area contributed by atoms with E-state index in [9.17, 15) is 4.79 Å². The van der Waals surface area contributed by atoms with E-state index in [2.05, 4.69) is 10.2 Å². The van der Waals surface area contributed by atoms with Crippen LogP contribution in [0.15, 0.2) is 0 Å². The number of hydrogen-bond acceptors (Lipinski definition) is 4. The minimum atomic E-state index is -0.305. The van der Waals surface area contributed by atoms with Crippen LogP contribution in [-0.4, -0.2) is 56.5 Å². The Morgan fingerprint density at radius 3 is 2.29 bits per heavy atom. The summed E-state index contributed by atoms with van der Waals surface area (Å²) in [6.45, 7) is 6.38. The van der Waals surface area contributed by atoms with Crippen LogP contribution in [0.5, 0.6) is 0 Å². The third-order valence-corrected chi connectivity index (χ3v) is 1.71.